The molecule has 0 aliphatic carbocycles. The molecule has 0 saturated carbocycles. The normalized spacial score (nSPS) is 19.9. The first kappa shape index (κ1) is 45.5. The second-order valence-electron chi connectivity index (χ2n) is 19.9. The number of aliphatic carboxylic acids is 2. The number of carbonyl (C=O) groups is 2. The van der Waals surface area contributed by atoms with Gasteiger partial charge in [-0.1, -0.05) is 97.4 Å². The van der Waals surface area contributed by atoms with E-state index in [0.29, 0.717) is 50.6 Å². The third-order valence-corrected chi connectivity index (χ3v) is 13.6. The average molecular weight is 797 g/mol. The number of hydrogen-bond donors (Lipinski definition) is 2. The maximum absolute atomic E-state index is 12.9. The van der Waals surface area contributed by atoms with Gasteiger partial charge in [-0.3, -0.25) is 19.4 Å². The number of hydrogen-bond acceptors (Lipinski definition) is 6. The van der Waals surface area contributed by atoms with E-state index in [0.717, 1.165) is 50.8 Å². The van der Waals surface area contributed by atoms with Gasteiger partial charge in [-0.25, -0.2) is 0 Å². The molecule has 2 heterocycles. The summed E-state index contributed by atoms with van der Waals surface area (Å²) in [5, 5.41) is 21.1. The van der Waals surface area contributed by atoms with Gasteiger partial charge in [-0.2, -0.15) is 0 Å². The van der Waals surface area contributed by atoms with Crippen molar-refractivity contribution in [2.45, 2.75) is 142 Å². The van der Waals surface area contributed by atoms with E-state index in [9.17, 15) is 19.8 Å². The largest absolute Gasteiger partial charge is 0.480 e. The molecule has 58 heavy (non-hydrogen) atoms. The van der Waals surface area contributed by atoms with Gasteiger partial charge in [0, 0.05) is 35.2 Å². The zero-order valence-electron chi connectivity index (χ0n) is 36.7. The third-order valence-electron chi connectivity index (χ3n) is 13.6. The molecule has 8 nitrogen and oxygen atoms in total. The van der Waals surface area contributed by atoms with E-state index in [1.54, 1.807) is 0 Å². The molecular weight excluding hydrogens is 725 g/mol. The standard InChI is InChI=1S/C50H72N2O6/c1-46(2)32-41(33-47(3,4)51(46)27-29-57-36-39-21-14-10-15-22-39)43(25-18-26-50(44(53)54,45(55)56)31-38-19-12-9-13-20-38)42-34-48(5,6)52(49(7,8)35-42)28-30-58-37-40-23-16-11-17-24-40/h9-17,19-24,41-43H,18,25-37H2,1-8H3,(H,53,54)(H,55,56). The zero-order chi connectivity index (χ0) is 42.2. The van der Waals surface area contributed by atoms with Crippen molar-refractivity contribution in [2.24, 2.45) is 23.2 Å². The molecule has 5 rings (SSSR count). The highest BCUT2D eigenvalue weighted by atomic mass is 16.5. The van der Waals surface area contributed by atoms with Crippen molar-refractivity contribution in [3.05, 3.63) is 108 Å². The van der Waals surface area contributed by atoms with Crippen LogP contribution in [0.1, 0.15) is 117 Å². The van der Waals surface area contributed by atoms with Crippen molar-refractivity contribution >= 4 is 11.9 Å². The van der Waals surface area contributed by atoms with Crippen LogP contribution in [0.25, 0.3) is 0 Å². The summed E-state index contributed by atoms with van der Waals surface area (Å²) in [6.07, 6.45) is 5.46. The minimum atomic E-state index is -1.88. The summed E-state index contributed by atoms with van der Waals surface area (Å²) >= 11 is 0. The van der Waals surface area contributed by atoms with Crippen molar-refractivity contribution in [3.8, 4) is 0 Å². The van der Waals surface area contributed by atoms with E-state index in [1.165, 1.54) is 11.1 Å². The molecule has 3 aromatic rings. The first-order valence-electron chi connectivity index (χ1n) is 21.7. The SMILES string of the molecule is CC1(C)CC(C(CCCC(Cc2ccccc2)(C(=O)O)C(=O)O)C2CC(C)(C)N(CCOCc3ccccc3)C(C)(C)C2)CC(C)(C)N1CCOCc1ccccc1. The lowest BCUT2D eigenvalue weighted by atomic mass is 9.60. The van der Waals surface area contributed by atoms with Gasteiger partial charge in [0.1, 0.15) is 0 Å². The Kier molecular flexibility index (Phi) is 15.1. The number of benzene rings is 3. The lowest BCUT2D eigenvalue weighted by Crippen LogP contribution is -2.64. The van der Waals surface area contributed by atoms with E-state index in [-0.39, 0.29) is 35.0 Å². The van der Waals surface area contributed by atoms with Gasteiger partial charge in [-0.15, -0.1) is 0 Å². The zero-order valence-corrected chi connectivity index (χ0v) is 36.7. The fourth-order valence-electron chi connectivity index (χ4n) is 11.4. The fourth-order valence-corrected chi connectivity index (χ4v) is 11.4. The van der Waals surface area contributed by atoms with Crippen LogP contribution >= 0.6 is 0 Å². The van der Waals surface area contributed by atoms with E-state index < -0.39 is 17.4 Å². The van der Waals surface area contributed by atoms with Gasteiger partial charge in [-0.05, 0) is 135 Å². The maximum Gasteiger partial charge on any atom is 0.321 e. The molecule has 0 atom stereocenters. The number of piperidine rings is 2. The summed E-state index contributed by atoms with van der Waals surface area (Å²) in [5.41, 5.74) is 0.828. The van der Waals surface area contributed by atoms with E-state index in [2.05, 4.69) is 89.5 Å². The number of ether oxygens (including phenoxy) is 2. The number of carboxylic acid groups (broad SMARTS) is 2. The van der Waals surface area contributed by atoms with Crippen LogP contribution in [0, 0.1) is 23.2 Å². The molecule has 0 spiro atoms. The van der Waals surface area contributed by atoms with Crippen molar-refractivity contribution in [3.63, 3.8) is 0 Å². The van der Waals surface area contributed by atoms with Crippen LogP contribution in [0.5, 0.6) is 0 Å². The number of rotatable bonds is 20. The first-order valence-corrected chi connectivity index (χ1v) is 21.7. The second-order valence-corrected chi connectivity index (χ2v) is 19.9. The van der Waals surface area contributed by atoms with Gasteiger partial charge in [0.15, 0.2) is 5.41 Å². The van der Waals surface area contributed by atoms with E-state index >= 15 is 0 Å². The van der Waals surface area contributed by atoms with Crippen LogP contribution < -0.4 is 0 Å². The molecule has 318 valence electrons. The van der Waals surface area contributed by atoms with Gasteiger partial charge in [0.2, 0.25) is 0 Å². The Labute approximate surface area is 349 Å². The van der Waals surface area contributed by atoms with Gasteiger partial charge >= 0.3 is 11.9 Å². The monoisotopic (exact) mass is 797 g/mol. The molecule has 2 N–H and O–H groups in total. The summed E-state index contributed by atoms with van der Waals surface area (Å²) in [6.45, 7) is 23.2. The maximum atomic E-state index is 12.9. The highest BCUT2D eigenvalue weighted by Crippen LogP contribution is 2.52. The van der Waals surface area contributed by atoms with E-state index in [1.807, 2.05) is 66.7 Å². The average Bonchev–Trinajstić information content (AvgIpc) is 3.14. The van der Waals surface area contributed by atoms with Crippen LogP contribution in [-0.4, -0.2) is 80.4 Å². The molecule has 2 fully saturated rings. The molecule has 8 heteroatoms. The summed E-state index contributed by atoms with van der Waals surface area (Å²) in [5.74, 6) is -1.42. The molecule has 0 bridgehead atoms. The lowest BCUT2D eigenvalue weighted by Gasteiger charge is -2.60. The Morgan fingerprint density at radius 1 is 0.603 bits per heavy atom. The number of nitrogens with zero attached hydrogens (tertiary/aromatic N) is 2. The van der Waals surface area contributed by atoms with Crippen LogP contribution in [0.15, 0.2) is 91.0 Å². The highest BCUT2D eigenvalue weighted by Gasteiger charge is 2.53. The Bertz CT molecular complexity index is 1600. The van der Waals surface area contributed by atoms with Crippen molar-refractivity contribution in [2.75, 3.05) is 26.3 Å². The predicted molar refractivity (Wildman–Crippen MR) is 233 cm³/mol. The van der Waals surface area contributed by atoms with Crippen LogP contribution in [0.3, 0.4) is 0 Å². The minimum Gasteiger partial charge on any atom is -0.480 e. The van der Waals surface area contributed by atoms with Crippen molar-refractivity contribution in [1.82, 2.24) is 9.80 Å². The van der Waals surface area contributed by atoms with Crippen molar-refractivity contribution < 1.29 is 29.3 Å². The fraction of sp³-hybridized carbons (Fsp3) is 0.600. The van der Waals surface area contributed by atoms with Crippen LogP contribution in [0.2, 0.25) is 0 Å². The first-order chi connectivity index (χ1) is 27.4. The summed E-state index contributed by atoms with van der Waals surface area (Å²) in [4.78, 5) is 31.1. The summed E-state index contributed by atoms with van der Waals surface area (Å²) in [7, 11) is 0. The Morgan fingerprint density at radius 3 is 1.29 bits per heavy atom. The Morgan fingerprint density at radius 2 is 0.948 bits per heavy atom. The summed E-state index contributed by atoms with van der Waals surface area (Å²) < 4.78 is 12.4. The summed E-state index contributed by atoms with van der Waals surface area (Å²) in [6, 6.07) is 29.9. The molecule has 0 amide bonds. The molecule has 2 saturated heterocycles. The minimum absolute atomic E-state index is 0.0290. The highest BCUT2D eigenvalue weighted by molar-refractivity contribution is 5.98. The molecule has 2 aliphatic heterocycles. The van der Waals surface area contributed by atoms with Crippen LogP contribution in [0.4, 0.5) is 0 Å². The molecular formula is C50H72N2O6. The smallest absolute Gasteiger partial charge is 0.321 e. The second kappa shape index (κ2) is 19.2. The molecule has 0 radical (unpaired) electrons. The third kappa shape index (κ3) is 11.4. The van der Waals surface area contributed by atoms with Crippen LogP contribution in [-0.2, 0) is 38.7 Å². The Balaban J connectivity index is 1.36. The Hall–Kier alpha value is -3.56. The number of carboxylic acids is 2. The van der Waals surface area contributed by atoms with E-state index in [4.69, 9.17) is 9.47 Å². The molecule has 2 aliphatic rings. The predicted octanol–water partition coefficient (Wildman–Crippen LogP) is 10.1. The topological polar surface area (TPSA) is 99.5 Å². The van der Waals surface area contributed by atoms with Gasteiger partial charge < -0.3 is 19.7 Å². The molecule has 3 aromatic carbocycles. The number of likely N-dealkylation sites (tertiary alicyclic amines) is 2. The lowest BCUT2D eigenvalue weighted by molar-refractivity contribution is -0.165. The molecule has 0 unspecified atom stereocenters. The van der Waals surface area contributed by atoms with Gasteiger partial charge in [0.25, 0.3) is 0 Å². The van der Waals surface area contributed by atoms with Crippen molar-refractivity contribution in [1.29, 1.82) is 0 Å². The molecule has 0 aromatic heterocycles. The van der Waals surface area contributed by atoms with Gasteiger partial charge in [0.05, 0.1) is 26.4 Å². The quantitative estimate of drug-likeness (QED) is 0.0862.